The van der Waals surface area contributed by atoms with Crippen molar-refractivity contribution >= 4 is 61.7 Å². The summed E-state index contributed by atoms with van der Waals surface area (Å²) >= 11 is 0. The zero-order valence-corrected chi connectivity index (χ0v) is 28.1. The first-order valence-corrected chi connectivity index (χ1v) is 17.4. The fourth-order valence-electron chi connectivity index (χ4n) is 8.76. The van der Waals surface area contributed by atoms with Gasteiger partial charge in [0.05, 0.1) is 23.0 Å². The van der Waals surface area contributed by atoms with Gasteiger partial charge in [-0.1, -0.05) is 98.8 Å². The van der Waals surface area contributed by atoms with Crippen LogP contribution in [0.1, 0.15) is 25.0 Å². The Morgan fingerprint density at radius 1 is 0.627 bits per heavy atom. The molecule has 11 rings (SSSR count). The number of hydrogen-bond acceptors (Lipinski definition) is 4. The number of rotatable bonds is 3. The van der Waals surface area contributed by atoms with E-state index in [1.165, 1.54) is 44.0 Å². The number of ether oxygens (including phenoxy) is 2. The molecule has 7 aromatic carbocycles. The average molecular weight is 653 g/mol. The molecule has 4 nitrogen and oxygen atoms in total. The van der Waals surface area contributed by atoms with Gasteiger partial charge in [-0.15, -0.1) is 0 Å². The van der Waals surface area contributed by atoms with Crippen LogP contribution >= 0.6 is 0 Å². The molecule has 0 atom stereocenters. The van der Waals surface area contributed by atoms with E-state index in [2.05, 4.69) is 145 Å². The van der Waals surface area contributed by atoms with Gasteiger partial charge in [-0.25, -0.2) is 0 Å². The molecule has 2 aliphatic heterocycles. The van der Waals surface area contributed by atoms with Crippen molar-refractivity contribution in [2.24, 2.45) is 0 Å². The van der Waals surface area contributed by atoms with Crippen LogP contribution in [0.4, 0.5) is 17.1 Å². The predicted molar refractivity (Wildman–Crippen MR) is 207 cm³/mol. The molecule has 0 saturated heterocycles. The summed E-state index contributed by atoms with van der Waals surface area (Å²) in [4.78, 5) is 7.04. The van der Waals surface area contributed by atoms with Crippen molar-refractivity contribution in [3.8, 4) is 34.1 Å². The molecule has 0 unspecified atom stereocenters. The summed E-state index contributed by atoms with van der Waals surface area (Å²) in [6.07, 6.45) is 3.83. The number of fused-ring (bicyclic) bond motifs is 10. The first-order valence-electron chi connectivity index (χ1n) is 17.4. The molecule has 3 heterocycles. The van der Waals surface area contributed by atoms with E-state index >= 15 is 0 Å². The fraction of sp³-hybridized carbons (Fsp3) is 0.0652. The minimum absolute atomic E-state index is 0.0171. The standard InChI is InChI=1S/C46H29BN2O2/c1-46(2)34-24-37-43(51-42-22-12-21-41-45(42)47(37)36-19-10-11-20-40(36)50-41)23-33(34)44-32-18-9-8-17-31(32)38(25-35(44)46)49(29-14-4-3-5-15-29)39-27-48-26-28-13-6-7-16-30(28)39/h3-5,7-12,14-27H,1-2H3. The fourth-order valence-corrected chi connectivity index (χ4v) is 8.76. The molecule has 3 aliphatic rings. The summed E-state index contributed by atoms with van der Waals surface area (Å²) in [5.41, 5.74) is 11.4. The minimum atomic E-state index is -0.301. The normalized spacial score (nSPS) is 14.0. The molecule has 0 N–H and O–H groups in total. The van der Waals surface area contributed by atoms with Gasteiger partial charge >= 0.3 is 0 Å². The van der Waals surface area contributed by atoms with Crippen molar-refractivity contribution in [3.05, 3.63) is 163 Å². The SMILES string of the molecule is CC1(C)c2cc3c(cc2-c2c1cc(N(c1ccccc1)c1cncc4c#cccc14)c1ccccc21)Oc1cccc2c1B3c1ccccc1O2. The zero-order valence-electron chi connectivity index (χ0n) is 28.1. The van der Waals surface area contributed by atoms with Gasteiger partial charge in [0.15, 0.2) is 0 Å². The lowest BCUT2D eigenvalue weighted by Gasteiger charge is -2.33. The van der Waals surface area contributed by atoms with Crippen LogP contribution in [0.3, 0.4) is 0 Å². The largest absolute Gasteiger partial charge is 0.458 e. The van der Waals surface area contributed by atoms with Crippen LogP contribution in [0, 0.1) is 12.1 Å². The van der Waals surface area contributed by atoms with Crippen LogP contribution in [0.25, 0.3) is 32.7 Å². The van der Waals surface area contributed by atoms with Crippen LogP contribution in [0.2, 0.25) is 0 Å². The van der Waals surface area contributed by atoms with Crippen LogP contribution in [-0.2, 0) is 5.41 Å². The maximum Gasteiger partial charge on any atom is 0.260 e. The van der Waals surface area contributed by atoms with Crippen molar-refractivity contribution in [2.45, 2.75) is 19.3 Å². The van der Waals surface area contributed by atoms with Crippen LogP contribution in [-0.4, -0.2) is 11.7 Å². The van der Waals surface area contributed by atoms with Crippen LogP contribution < -0.4 is 30.8 Å². The highest BCUT2D eigenvalue weighted by Crippen LogP contribution is 2.55. The molecular weight excluding hydrogens is 623 g/mol. The average Bonchev–Trinajstić information content (AvgIpc) is 3.39. The summed E-state index contributed by atoms with van der Waals surface area (Å²) in [7, 11) is 0. The predicted octanol–water partition coefficient (Wildman–Crippen LogP) is 9.49. The maximum atomic E-state index is 6.78. The van der Waals surface area contributed by atoms with Crippen molar-refractivity contribution in [1.29, 1.82) is 0 Å². The van der Waals surface area contributed by atoms with E-state index < -0.39 is 0 Å². The highest BCUT2D eigenvalue weighted by atomic mass is 16.5. The number of pyridine rings is 1. The van der Waals surface area contributed by atoms with E-state index in [0.717, 1.165) is 56.3 Å². The van der Waals surface area contributed by atoms with E-state index in [-0.39, 0.29) is 12.1 Å². The topological polar surface area (TPSA) is 34.6 Å². The molecule has 0 bridgehead atoms. The summed E-state index contributed by atoms with van der Waals surface area (Å²) in [5.74, 6) is 3.52. The first-order chi connectivity index (χ1) is 25.1. The second-order valence-electron chi connectivity index (χ2n) is 14.2. The van der Waals surface area contributed by atoms with E-state index in [4.69, 9.17) is 9.47 Å². The Hall–Kier alpha value is -6.51. The van der Waals surface area contributed by atoms with E-state index in [1.807, 2.05) is 30.6 Å². The monoisotopic (exact) mass is 652 g/mol. The number of hydrogen-bond donors (Lipinski definition) is 0. The second kappa shape index (κ2) is 10.3. The molecule has 238 valence electrons. The Morgan fingerprint density at radius 3 is 2.24 bits per heavy atom. The summed E-state index contributed by atoms with van der Waals surface area (Å²) in [6.45, 7) is 4.74. The zero-order chi connectivity index (χ0) is 33.8. The van der Waals surface area contributed by atoms with Gasteiger partial charge in [-0.3, -0.25) is 4.98 Å². The Morgan fingerprint density at radius 2 is 1.37 bits per heavy atom. The number of benzene rings is 6. The van der Waals surface area contributed by atoms with Crippen LogP contribution in [0.15, 0.2) is 140 Å². The third-order valence-electron chi connectivity index (χ3n) is 11.1. The number of para-hydroxylation sites is 2. The molecule has 5 heteroatoms. The van der Waals surface area contributed by atoms with Gasteiger partial charge < -0.3 is 14.4 Å². The van der Waals surface area contributed by atoms with E-state index in [1.54, 1.807) is 0 Å². The maximum absolute atomic E-state index is 6.78. The number of aromatic nitrogens is 1. The number of nitrogens with zero attached hydrogens (tertiary/aromatic N) is 2. The van der Waals surface area contributed by atoms with Gasteiger partial charge in [0, 0.05) is 33.5 Å². The molecule has 0 amide bonds. The molecule has 0 radical (unpaired) electrons. The van der Waals surface area contributed by atoms with Gasteiger partial charge in [-0.05, 0) is 93.2 Å². The molecular formula is C46H29BN2O2. The first kappa shape index (κ1) is 28.3. The summed E-state index contributed by atoms with van der Waals surface area (Å²) in [6, 6.07) is 51.5. The number of anilines is 3. The highest BCUT2D eigenvalue weighted by molar-refractivity contribution is 6.98. The molecule has 1 aliphatic carbocycles. The van der Waals surface area contributed by atoms with Gasteiger partial charge in [0.25, 0.3) is 6.71 Å². The minimum Gasteiger partial charge on any atom is -0.458 e. The molecule has 0 fully saturated rings. The van der Waals surface area contributed by atoms with Crippen LogP contribution in [0.5, 0.6) is 23.0 Å². The quantitative estimate of drug-likeness (QED) is 0.178. The Labute approximate surface area is 296 Å². The Balaban J connectivity index is 1.17. The van der Waals surface area contributed by atoms with Crippen molar-refractivity contribution in [1.82, 2.24) is 4.98 Å². The van der Waals surface area contributed by atoms with Crippen molar-refractivity contribution < 1.29 is 9.47 Å². The van der Waals surface area contributed by atoms with Crippen molar-refractivity contribution in [3.63, 3.8) is 0 Å². The third-order valence-corrected chi connectivity index (χ3v) is 11.1. The highest BCUT2D eigenvalue weighted by Gasteiger charge is 2.44. The molecule has 0 saturated carbocycles. The van der Waals surface area contributed by atoms with Gasteiger partial charge in [0.2, 0.25) is 0 Å². The van der Waals surface area contributed by atoms with E-state index in [9.17, 15) is 0 Å². The summed E-state index contributed by atoms with van der Waals surface area (Å²) in [5, 5.41) is 4.37. The third kappa shape index (κ3) is 3.90. The molecule has 8 aromatic rings. The summed E-state index contributed by atoms with van der Waals surface area (Å²) < 4.78 is 13.2. The molecule has 51 heavy (non-hydrogen) atoms. The Kier molecular flexibility index (Phi) is 5.70. The second-order valence-corrected chi connectivity index (χ2v) is 14.2. The smallest absolute Gasteiger partial charge is 0.260 e. The van der Waals surface area contributed by atoms with Gasteiger partial charge in [-0.2, -0.15) is 0 Å². The van der Waals surface area contributed by atoms with Crippen molar-refractivity contribution in [2.75, 3.05) is 4.90 Å². The van der Waals surface area contributed by atoms with Gasteiger partial charge in [0.1, 0.15) is 23.0 Å². The molecule has 0 spiro atoms. The lowest BCUT2D eigenvalue weighted by Crippen LogP contribution is -2.57. The molecule has 1 aromatic heterocycles. The lowest BCUT2D eigenvalue weighted by molar-refractivity contribution is 0.464. The Bertz CT molecular complexity index is 2750. The lowest BCUT2D eigenvalue weighted by atomic mass is 9.34. The van der Waals surface area contributed by atoms with E-state index in [0.29, 0.717) is 0 Å².